The van der Waals surface area contributed by atoms with Crippen molar-refractivity contribution in [3.63, 3.8) is 0 Å². The van der Waals surface area contributed by atoms with Crippen LogP contribution in [-0.4, -0.2) is 17.0 Å². The molecule has 2 aliphatic carbocycles. The molecule has 0 aromatic rings. The summed E-state index contributed by atoms with van der Waals surface area (Å²) in [6, 6.07) is 0. The molecule has 0 spiro atoms. The minimum Gasteiger partial charge on any atom is -0.371 e. The van der Waals surface area contributed by atoms with Crippen LogP contribution >= 0.6 is 15.9 Å². The summed E-state index contributed by atoms with van der Waals surface area (Å²) in [5, 5.41) is 1.04. The molecule has 0 bridgehead atoms. The highest BCUT2D eigenvalue weighted by atomic mass is 79.9. The summed E-state index contributed by atoms with van der Waals surface area (Å²) in [6.07, 6.45) is 12.6. The van der Waals surface area contributed by atoms with Gasteiger partial charge in [-0.3, -0.25) is 0 Å². The van der Waals surface area contributed by atoms with E-state index in [9.17, 15) is 0 Å². The molecule has 0 atom stereocenters. The van der Waals surface area contributed by atoms with Gasteiger partial charge in [0, 0.05) is 5.33 Å². The van der Waals surface area contributed by atoms with Crippen molar-refractivity contribution in [2.24, 2.45) is 0 Å². The maximum atomic E-state index is 6.34. The van der Waals surface area contributed by atoms with E-state index >= 15 is 0 Å². The number of alkyl halides is 1. The number of rotatable bonds is 3. The zero-order chi connectivity index (χ0) is 9.86. The molecular formula is C12H21BrO. The molecule has 14 heavy (non-hydrogen) atoms. The summed E-state index contributed by atoms with van der Waals surface area (Å²) in [4.78, 5) is 0. The summed E-state index contributed by atoms with van der Waals surface area (Å²) in [5.74, 6) is 0. The van der Waals surface area contributed by atoms with Crippen LogP contribution in [0.1, 0.15) is 57.8 Å². The Morgan fingerprint density at radius 1 is 1.00 bits per heavy atom. The van der Waals surface area contributed by atoms with E-state index in [0.717, 1.165) is 5.33 Å². The van der Waals surface area contributed by atoms with Gasteiger partial charge >= 0.3 is 0 Å². The van der Waals surface area contributed by atoms with Crippen molar-refractivity contribution in [2.75, 3.05) is 5.33 Å². The molecule has 0 unspecified atom stereocenters. The predicted octanol–water partition coefficient (Wildman–Crippen LogP) is 4.04. The highest BCUT2D eigenvalue weighted by Gasteiger charge is 2.35. The first-order valence-electron chi connectivity index (χ1n) is 6.08. The molecule has 0 saturated heterocycles. The van der Waals surface area contributed by atoms with Crippen LogP contribution in [0, 0.1) is 0 Å². The topological polar surface area (TPSA) is 9.23 Å². The highest BCUT2D eigenvalue weighted by Crippen LogP contribution is 2.37. The van der Waals surface area contributed by atoms with Crippen LogP contribution in [0.5, 0.6) is 0 Å². The normalized spacial score (nSPS) is 28.1. The maximum absolute atomic E-state index is 6.34. The van der Waals surface area contributed by atoms with Gasteiger partial charge in [-0.15, -0.1) is 0 Å². The fourth-order valence-corrected chi connectivity index (χ4v) is 3.53. The van der Waals surface area contributed by atoms with Crippen LogP contribution in [0.15, 0.2) is 0 Å². The predicted molar refractivity (Wildman–Crippen MR) is 63.0 cm³/mol. The molecule has 1 nitrogen and oxygen atoms in total. The molecule has 0 aromatic carbocycles. The monoisotopic (exact) mass is 260 g/mol. The Labute approximate surface area is 95.7 Å². The standard InChI is InChI=1S/C12H21BrO/c13-10-12(8-4-1-5-9-12)14-11-6-2-3-7-11/h11H,1-10H2. The Morgan fingerprint density at radius 3 is 2.21 bits per heavy atom. The third kappa shape index (κ3) is 2.52. The molecule has 2 rings (SSSR count). The van der Waals surface area contributed by atoms with Gasteiger partial charge in [-0.25, -0.2) is 0 Å². The Kier molecular flexibility index (Phi) is 3.89. The molecule has 2 fully saturated rings. The van der Waals surface area contributed by atoms with Crippen LogP contribution in [-0.2, 0) is 4.74 Å². The van der Waals surface area contributed by atoms with Gasteiger partial charge in [-0.1, -0.05) is 48.0 Å². The summed E-state index contributed by atoms with van der Waals surface area (Å²) in [5.41, 5.74) is 0.202. The van der Waals surface area contributed by atoms with Crippen molar-refractivity contribution in [2.45, 2.75) is 69.5 Å². The molecule has 0 amide bonds. The molecule has 82 valence electrons. The van der Waals surface area contributed by atoms with Gasteiger partial charge in [0.1, 0.15) is 0 Å². The number of hydrogen-bond donors (Lipinski definition) is 0. The lowest BCUT2D eigenvalue weighted by molar-refractivity contribution is -0.0948. The summed E-state index contributed by atoms with van der Waals surface area (Å²) < 4.78 is 6.34. The van der Waals surface area contributed by atoms with Gasteiger partial charge in [0.15, 0.2) is 0 Å². The Balaban J connectivity index is 1.89. The average Bonchev–Trinajstić information content (AvgIpc) is 2.72. The second-order valence-corrected chi connectivity index (χ2v) is 5.46. The van der Waals surface area contributed by atoms with E-state index in [4.69, 9.17) is 4.74 Å². The van der Waals surface area contributed by atoms with E-state index in [1.54, 1.807) is 0 Å². The molecular weight excluding hydrogens is 240 g/mol. The molecule has 0 aliphatic heterocycles. The quantitative estimate of drug-likeness (QED) is 0.696. The molecule has 0 N–H and O–H groups in total. The highest BCUT2D eigenvalue weighted by molar-refractivity contribution is 9.09. The van der Waals surface area contributed by atoms with Crippen LogP contribution < -0.4 is 0 Å². The van der Waals surface area contributed by atoms with Crippen molar-refractivity contribution in [3.05, 3.63) is 0 Å². The van der Waals surface area contributed by atoms with E-state index in [2.05, 4.69) is 15.9 Å². The number of ether oxygens (including phenoxy) is 1. The molecule has 2 saturated carbocycles. The smallest absolute Gasteiger partial charge is 0.0782 e. The molecule has 2 heteroatoms. The summed E-state index contributed by atoms with van der Waals surface area (Å²) >= 11 is 3.65. The lowest BCUT2D eigenvalue weighted by Gasteiger charge is -2.38. The molecule has 0 radical (unpaired) electrons. The van der Waals surface area contributed by atoms with Crippen molar-refractivity contribution in [1.29, 1.82) is 0 Å². The van der Waals surface area contributed by atoms with E-state index in [0.29, 0.717) is 6.10 Å². The van der Waals surface area contributed by atoms with Crippen molar-refractivity contribution >= 4 is 15.9 Å². The van der Waals surface area contributed by atoms with E-state index < -0.39 is 0 Å². The Bertz CT molecular complexity index is 169. The van der Waals surface area contributed by atoms with Crippen LogP contribution in [0.25, 0.3) is 0 Å². The molecule has 0 aromatic heterocycles. The van der Waals surface area contributed by atoms with Crippen molar-refractivity contribution in [1.82, 2.24) is 0 Å². The third-order valence-corrected chi connectivity index (χ3v) is 4.75. The van der Waals surface area contributed by atoms with Crippen molar-refractivity contribution in [3.8, 4) is 0 Å². The first-order chi connectivity index (χ1) is 6.85. The number of halogens is 1. The molecule has 2 aliphatic rings. The zero-order valence-corrected chi connectivity index (χ0v) is 10.5. The summed E-state index contributed by atoms with van der Waals surface area (Å²) in [6.45, 7) is 0. The van der Waals surface area contributed by atoms with Crippen LogP contribution in [0.2, 0.25) is 0 Å². The van der Waals surface area contributed by atoms with E-state index in [1.165, 1.54) is 57.8 Å². The fraction of sp³-hybridized carbons (Fsp3) is 1.00. The Hall–Kier alpha value is 0.440. The van der Waals surface area contributed by atoms with Gasteiger partial charge in [-0.2, -0.15) is 0 Å². The zero-order valence-electron chi connectivity index (χ0n) is 8.93. The third-order valence-electron chi connectivity index (χ3n) is 3.73. The first kappa shape index (κ1) is 10.9. The Morgan fingerprint density at radius 2 is 1.64 bits per heavy atom. The van der Waals surface area contributed by atoms with E-state index in [-0.39, 0.29) is 5.60 Å². The maximum Gasteiger partial charge on any atom is 0.0782 e. The minimum atomic E-state index is 0.202. The lowest BCUT2D eigenvalue weighted by Crippen LogP contribution is -2.39. The average molecular weight is 261 g/mol. The van der Waals surface area contributed by atoms with Gasteiger partial charge in [-0.05, 0) is 25.7 Å². The molecule has 0 heterocycles. The fourth-order valence-electron chi connectivity index (χ4n) is 2.84. The van der Waals surface area contributed by atoms with Crippen LogP contribution in [0.3, 0.4) is 0 Å². The van der Waals surface area contributed by atoms with Gasteiger partial charge in [0.05, 0.1) is 11.7 Å². The minimum absolute atomic E-state index is 0.202. The van der Waals surface area contributed by atoms with E-state index in [1.807, 2.05) is 0 Å². The first-order valence-corrected chi connectivity index (χ1v) is 7.21. The van der Waals surface area contributed by atoms with Gasteiger partial charge in [0.2, 0.25) is 0 Å². The largest absolute Gasteiger partial charge is 0.371 e. The second kappa shape index (κ2) is 4.98. The SMILES string of the molecule is BrCC1(OC2CCCC2)CCCCC1. The van der Waals surface area contributed by atoms with Gasteiger partial charge < -0.3 is 4.74 Å². The van der Waals surface area contributed by atoms with Crippen molar-refractivity contribution < 1.29 is 4.74 Å². The lowest BCUT2D eigenvalue weighted by atomic mass is 9.86. The van der Waals surface area contributed by atoms with Crippen LogP contribution in [0.4, 0.5) is 0 Å². The summed E-state index contributed by atoms with van der Waals surface area (Å²) in [7, 11) is 0. The second-order valence-electron chi connectivity index (χ2n) is 4.90. The number of hydrogen-bond acceptors (Lipinski definition) is 1. The van der Waals surface area contributed by atoms with Gasteiger partial charge in [0.25, 0.3) is 0 Å².